The molecule has 1 aliphatic heterocycles. The molecule has 0 unspecified atom stereocenters. The second-order valence-electron chi connectivity index (χ2n) is 4.11. The number of anilines is 2. The fourth-order valence-electron chi connectivity index (χ4n) is 1.74. The molecule has 0 spiro atoms. The van der Waals surface area contributed by atoms with Crippen LogP contribution in [0.4, 0.5) is 11.4 Å². The van der Waals surface area contributed by atoms with E-state index in [0.717, 1.165) is 37.6 Å². The Bertz CT molecular complexity index is 333. The summed E-state index contributed by atoms with van der Waals surface area (Å²) < 4.78 is 0. The second kappa shape index (κ2) is 5.14. The minimum absolute atomic E-state index is 1.03. The average molecular weight is 221 g/mol. The Morgan fingerprint density at radius 3 is 2.50 bits per heavy atom. The molecule has 0 aliphatic carbocycles. The summed E-state index contributed by atoms with van der Waals surface area (Å²) in [4.78, 5) is 6.51. The maximum absolute atomic E-state index is 4.17. The van der Waals surface area contributed by atoms with Gasteiger partial charge < -0.3 is 15.6 Å². The lowest BCUT2D eigenvalue weighted by molar-refractivity contribution is 0.179. The van der Waals surface area contributed by atoms with Crippen molar-refractivity contribution in [2.75, 3.05) is 51.0 Å². The average Bonchev–Trinajstić information content (AvgIpc) is 2.32. The molecule has 1 fully saturated rings. The molecule has 5 nitrogen and oxygen atoms in total. The zero-order valence-corrected chi connectivity index (χ0v) is 9.90. The number of rotatable bonds is 3. The highest BCUT2D eigenvalue weighted by molar-refractivity contribution is 5.53. The Kier molecular flexibility index (Phi) is 3.58. The van der Waals surface area contributed by atoms with E-state index in [2.05, 4.69) is 38.7 Å². The number of likely N-dealkylation sites (N-methyl/N-ethyl adjacent to an activating group) is 1. The van der Waals surface area contributed by atoms with E-state index < -0.39 is 0 Å². The molecule has 2 rings (SSSR count). The maximum Gasteiger partial charge on any atom is 0.0694 e. The standard InChI is InChI=1S/C11H19N5/c1-12-10-7-11(9-13-8-10)14-16-5-3-15(2)4-6-16/h7-9,12,14H,3-6H2,1-2H3. The van der Waals surface area contributed by atoms with Crippen LogP contribution in [0.25, 0.3) is 0 Å². The van der Waals surface area contributed by atoms with Crippen LogP contribution < -0.4 is 10.7 Å². The SMILES string of the molecule is CNc1cncc(NN2CCN(C)CC2)c1. The smallest absolute Gasteiger partial charge is 0.0694 e. The first-order valence-corrected chi connectivity index (χ1v) is 5.61. The fourth-order valence-corrected chi connectivity index (χ4v) is 1.74. The molecule has 0 radical (unpaired) electrons. The Balaban J connectivity index is 1.93. The van der Waals surface area contributed by atoms with Crippen LogP contribution in [-0.2, 0) is 0 Å². The Hall–Kier alpha value is -1.33. The van der Waals surface area contributed by atoms with Gasteiger partial charge in [0.15, 0.2) is 0 Å². The topological polar surface area (TPSA) is 43.4 Å². The Labute approximate surface area is 96.4 Å². The van der Waals surface area contributed by atoms with Crippen molar-refractivity contribution in [1.29, 1.82) is 0 Å². The minimum atomic E-state index is 1.03. The highest BCUT2D eigenvalue weighted by Gasteiger charge is 2.13. The van der Waals surface area contributed by atoms with Crippen LogP contribution in [0.5, 0.6) is 0 Å². The molecular formula is C11H19N5. The molecule has 0 atom stereocenters. The Morgan fingerprint density at radius 1 is 1.12 bits per heavy atom. The van der Waals surface area contributed by atoms with Gasteiger partial charge in [0, 0.05) is 33.2 Å². The summed E-state index contributed by atoms with van der Waals surface area (Å²) in [6.45, 7) is 4.29. The molecule has 5 heteroatoms. The van der Waals surface area contributed by atoms with Crippen molar-refractivity contribution >= 4 is 11.4 Å². The number of nitrogens with zero attached hydrogens (tertiary/aromatic N) is 3. The summed E-state index contributed by atoms with van der Waals surface area (Å²) in [5.74, 6) is 0. The first kappa shape index (κ1) is 11.2. The molecule has 0 bridgehead atoms. The van der Waals surface area contributed by atoms with Crippen molar-refractivity contribution < 1.29 is 0 Å². The van der Waals surface area contributed by atoms with Crippen LogP contribution in [0.3, 0.4) is 0 Å². The van der Waals surface area contributed by atoms with Crippen molar-refractivity contribution in [2.45, 2.75) is 0 Å². The van der Waals surface area contributed by atoms with Crippen molar-refractivity contribution in [1.82, 2.24) is 14.9 Å². The van der Waals surface area contributed by atoms with Gasteiger partial charge in [-0.25, -0.2) is 5.01 Å². The summed E-state index contributed by atoms with van der Waals surface area (Å²) in [6, 6.07) is 2.06. The predicted molar refractivity (Wildman–Crippen MR) is 66.5 cm³/mol. The van der Waals surface area contributed by atoms with E-state index in [-0.39, 0.29) is 0 Å². The van der Waals surface area contributed by atoms with Gasteiger partial charge in [-0.2, -0.15) is 0 Å². The number of hydrogen-bond donors (Lipinski definition) is 2. The molecule has 0 aromatic carbocycles. The molecule has 2 N–H and O–H groups in total. The van der Waals surface area contributed by atoms with Gasteiger partial charge in [0.1, 0.15) is 0 Å². The van der Waals surface area contributed by atoms with E-state index in [4.69, 9.17) is 0 Å². The molecule has 1 aromatic rings. The van der Waals surface area contributed by atoms with Crippen molar-refractivity contribution in [3.63, 3.8) is 0 Å². The van der Waals surface area contributed by atoms with Crippen LogP contribution in [-0.4, -0.2) is 55.2 Å². The van der Waals surface area contributed by atoms with Crippen LogP contribution in [0.1, 0.15) is 0 Å². The van der Waals surface area contributed by atoms with Gasteiger partial charge in [-0.15, -0.1) is 0 Å². The quantitative estimate of drug-likeness (QED) is 0.786. The van der Waals surface area contributed by atoms with Crippen LogP contribution in [0.2, 0.25) is 0 Å². The highest BCUT2D eigenvalue weighted by Crippen LogP contribution is 2.13. The van der Waals surface area contributed by atoms with E-state index in [9.17, 15) is 0 Å². The number of nitrogens with one attached hydrogen (secondary N) is 2. The zero-order chi connectivity index (χ0) is 11.4. The monoisotopic (exact) mass is 221 g/mol. The fraction of sp³-hybridized carbons (Fsp3) is 0.545. The van der Waals surface area contributed by atoms with E-state index in [0.29, 0.717) is 0 Å². The summed E-state index contributed by atoms with van der Waals surface area (Å²) in [7, 11) is 4.05. The third-order valence-electron chi connectivity index (χ3n) is 2.82. The lowest BCUT2D eigenvalue weighted by atomic mass is 10.3. The molecule has 1 saturated heterocycles. The van der Waals surface area contributed by atoms with Crippen molar-refractivity contribution in [3.8, 4) is 0 Å². The lowest BCUT2D eigenvalue weighted by Gasteiger charge is -2.33. The van der Waals surface area contributed by atoms with Crippen LogP contribution in [0, 0.1) is 0 Å². The van der Waals surface area contributed by atoms with Gasteiger partial charge in [0.25, 0.3) is 0 Å². The highest BCUT2D eigenvalue weighted by atomic mass is 15.5. The number of piperazine rings is 1. The van der Waals surface area contributed by atoms with E-state index in [1.54, 1.807) is 0 Å². The molecule has 2 heterocycles. The van der Waals surface area contributed by atoms with Gasteiger partial charge >= 0.3 is 0 Å². The number of pyridine rings is 1. The molecule has 0 saturated carbocycles. The van der Waals surface area contributed by atoms with E-state index in [1.165, 1.54) is 0 Å². The lowest BCUT2D eigenvalue weighted by Crippen LogP contribution is -2.46. The summed E-state index contributed by atoms with van der Waals surface area (Å²) >= 11 is 0. The molecule has 1 aromatic heterocycles. The van der Waals surface area contributed by atoms with Gasteiger partial charge in [-0.05, 0) is 13.1 Å². The van der Waals surface area contributed by atoms with Crippen LogP contribution >= 0.6 is 0 Å². The van der Waals surface area contributed by atoms with Crippen LogP contribution in [0.15, 0.2) is 18.5 Å². The second-order valence-corrected chi connectivity index (χ2v) is 4.11. The summed E-state index contributed by atoms with van der Waals surface area (Å²) in [5.41, 5.74) is 5.45. The molecule has 1 aliphatic rings. The normalized spacial score (nSPS) is 18.4. The van der Waals surface area contributed by atoms with E-state index >= 15 is 0 Å². The van der Waals surface area contributed by atoms with Gasteiger partial charge in [-0.3, -0.25) is 4.98 Å². The number of hydrogen-bond acceptors (Lipinski definition) is 5. The molecular weight excluding hydrogens is 202 g/mol. The van der Waals surface area contributed by atoms with Crippen molar-refractivity contribution in [2.24, 2.45) is 0 Å². The van der Waals surface area contributed by atoms with E-state index in [1.807, 2.05) is 19.4 Å². The third kappa shape index (κ3) is 2.84. The third-order valence-corrected chi connectivity index (χ3v) is 2.82. The molecule has 88 valence electrons. The minimum Gasteiger partial charge on any atom is -0.387 e. The number of hydrazine groups is 1. The summed E-state index contributed by atoms with van der Waals surface area (Å²) in [5, 5.41) is 5.31. The maximum atomic E-state index is 4.17. The molecule has 16 heavy (non-hydrogen) atoms. The van der Waals surface area contributed by atoms with Gasteiger partial charge in [-0.1, -0.05) is 0 Å². The zero-order valence-electron chi connectivity index (χ0n) is 9.90. The Morgan fingerprint density at radius 2 is 1.81 bits per heavy atom. The van der Waals surface area contributed by atoms with Gasteiger partial charge in [0.05, 0.1) is 23.8 Å². The largest absolute Gasteiger partial charge is 0.387 e. The summed E-state index contributed by atoms with van der Waals surface area (Å²) in [6.07, 6.45) is 3.66. The van der Waals surface area contributed by atoms with Crippen molar-refractivity contribution in [3.05, 3.63) is 18.5 Å². The first-order chi connectivity index (χ1) is 7.78. The predicted octanol–water partition coefficient (Wildman–Crippen LogP) is 0.698. The molecule has 0 amide bonds. The first-order valence-electron chi connectivity index (χ1n) is 5.61. The number of aromatic nitrogens is 1. The van der Waals surface area contributed by atoms with Gasteiger partial charge in [0.2, 0.25) is 0 Å².